The maximum absolute atomic E-state index is 5.99. The first-order valence-electron chi connectivity index (χ1n) is 5.94. The Hall–Kier alpha value is -0.530. The molecule has 1 aromatic carbocycles. The third-order valence-corrected chi connectivity index (χ3v) is 4.25. The van der Waals surface area contributed by atoms with Crippen molar-refractivity contribution in [1.82, 2.24) is 0 Å². The van der Waals surface area contributed by atoms with Crippen LogP contribution in [-0.2, 0) is 11.3 Å². The molecule has 1 saturated carbocycles. The fraction of sp³-hybridized carbons (Fsp3) is 0.571. The summed E-state index contributed by atoms with van der Waals surface area (Å²) in [6.07, 6.45) is 2.37. The van der Waals surface area contributed by atoms with Gasteiger partial charge in [0, 0.05) is 12.5 Å². The van der Waals surface area contributed by atoms with Crippen LogP contribution in [0.25, 0.3) is 0 Å². The van der Waals surface area contributed by atoms with Crippen LogP contribution in [0.3, 0.4) is 0 Å². The average molecular weight is 239 g/mol. The molecular formula is C14H19ClO. The molecule has 2 unspecified atom stereocenters. The molecule has 1 fully saturated rings. The fourth-order valence-corrected chi connectivity index (χ4v) is 2.70. The number of alkyl halides is 1. The van der Waals surface area contributed by atoms with E-state index >= 15 is 0 Å². The van der Waals surface area contributed by atoms with Crippen molar-refractivity contribution >= 4 is 11.6 Å². The van der Waals surface area contributed by atoms with E-state index in [1.54, 1.807) is 0 Å². The third-order valence-electron chi connectivity index (χ3n) is 3.72. The Balaban J connectivity index is 1.66. The number of hydrogen-bond donors (Lipinski definition) is 0. The van der Waals surface area contributed by atoms with Gasteiger partial charge in [-0.3, -0.25) is 0 Å². The van der Waals surface area contributed by atoms with Gasteiger partial charge in [0.15, 0.2) is 0 Å². The molecule has 0 saturated heterocycles. The van der Waals surface area contributed by atoms with Crippen molar-refractivity contribution in [1.29, 1.82) is 0 Å². The monoisotopic (exact) mass is 238 g/mol. The Kier molecular flexibility index (Phi) is 3.88. The van der Waals surface area contributed by atoms with E-state index in [4.69, 9.17) is 16.3 Å². The predicted molar refractivity (Wildman–Crippen MR) is 67.6 cm³/mol. The molecule has 1 aromatic rings. The number of benzene rings is 1. The van der Waals surface area contributed by atoms with Gasteiger partial charge >= 0.3 is 0 Å². The summed E-state index contributed by atoms with van der Waals surface area (Å²) in [6.45, 7) is 3.82. The van der Waals surface area contributed by atoms with Crippen molar-refractivity contribution < 1.29 is 4.74 Å². The highest BCUT2D eigenvalue weighted by molar-refractivity contribution is 6.18. The van der Waals surface area contributed by atoms with E-state index in [2.05, 4.69) is 19.1 Å². The Labute approximate surface area is 103 Å². The zero-order valence-corrected chi connectivity index (χ0v) is 10.5. The molecule has 1 aliphatic rings. The summed E-state index contributed by atoms with van der Waals surface area (Å²) in [4.78, 5) is 0. The van der Waals surface area contributed by atoms with Crippen molar-refractivity contribution in [3.05, 3.63) is 35.9 Å². The highest BCUT2D eigenvalue weighted by Gasteiger charge is 2.49. The van der Waals surface area contributed by atoms with Crippen molar-refractivity contribution in [2.75, 3.05) is 12.5 Å². The van der Waals surface area contributed by atoms with Gasteiger partial charge in [-0.2, -0.15) is 0 Å². The zero-order valence-electron chi connectivity index (χ0n) is 9.79. The summed E-state index contributed by atoms with van der Waals surface area (Å²) in [5, 5.41) is 0. The van der Waals surface area contributed by atoms with Crippen LogP contribution in [-0.4, -0.2) is 12.5 Å². The number of ether oxygens (including phenoxy) is 1. The second-order valence-corrected chi connectivity index (χ2v) is 5.16. The lowest BCUT2D eigenvalue weighted by molar-refractivity contribution is 0.105. The van der Waals surface area contributed by atoms with Gasteiger partial charge < -0.3 is 4.74 Å². The van der Waals surface area contributed by atoms with Crippen LogP contribution in [0.5, 0.6) is 0 Å². The van der Waals surface area contributed by atoms with Gasteiger partial charge in [-0.15, -0.1) is 11.6 Å². The van der Waals surface area contributed by atoms with Crippen LogP contribution < -0.4 is 0 Å². The van der Waals surface area contributed by atoms with Crippen LogP contribution in [0, 0.1) is 11.3 Å². The molecule has 0 aromatic heterocycles. The Morgan fingerprint density at radius 2 is 2.06 bits per heavy atom. The first kappa shape index (κ1) is 11.9. The van der Waals surface area contributed by atoms with Crippen molar-refractivity contribution in [2.45, 2.75) is 26.4 Å². The molecular weight excluding hydrogens is 220 g/mol. The Bertz CT molecular complexity index is 321. The summed E-state index contributed by atoms with van der Waals surface area (Å²) in [7, 11) is 0. The molecule has 1 nitrogen and oxygen atoms in total. The summed E-state index contributed by atoms with van der Waals surface area (Å²) in [5.74, 6) is 1.56. The lowest BCUT2D eigenvalue weighted by Gasteiger charge is -2.12. The number of rotatable bonds is 6. The molecule has 0 spiro atoms. The van der Waals surface area contributed by atoms with Gasteiger partial charge in [0.2, 0.25) is 0 Å². The number of hydrogen-bond acceptors (Lipinski definition) is 1. The van der Waals surface area contributed by atoms with E-state index in [1.807, 2.05) is 18.2 Å². The minimum absolute atomic E-state index is 0.387. The van der Waals surface area contributed by atoms with E-state index in [0.717, 1.165) is 24.8 Å². The standard InChI is InChI=1S/C14H19ClO/c1-12-9-14(12,11-15)7-8-16-10-13-5-3-2-4-6-13/h2-6,12H,7-11H2,1H3. The lowest BCUT2D eigenvalue weighted by atomic mass is 10.0. The molecule has 0 heterocycles. The largest absolute Gasteiger partial charge is 0.377 e. The molecule has 16 heavy (non-hydrogen) atoms. The molecule has 2 atom stereocenters. The van der Waals surface area contributed by atoms with Crippen LogP contribution in [0.4, 0.5) is 0 Å². The molecule has 0 N–H and O–H groups in total. The molecule has 0 amide bonds. The third kappa shape index (κ3) is 2.78. The van der Waals surface area contributed by atoms with Crippen LogP contribution in [0.1, 0.15) is 25.3 Å². The molecule has 88 valence electrons. The smallest absolute Gasteiger partial charge is 0.0716 e. The van der Waals surface area contributed by atoms with Gasteiger partial charge in [0.05, 0.1) is 6.61 Å². The molecule has 0 bridgehead atoms. The molecule has 2 rings (SSSR count). The Morgan fingerprint density at radius 1 is 1.38 bits per heavy atom. The van der Waals surface area contributed by atoms with Gasteiger partial charge in [0.25, 0.3) is 0 Å². The first-order chi connectivity index (χ1) is 7.77. The van der Waals surface area contributed by atoms with Gasteiger partial charge in [-0.05, 0) is 29.7 Å². The minimum atomic E-state index is 0.387. The lowest BCUT2D eigenvalue weighted by Crippen LogP contribution is -2.09. The van der Waals surface area contributed by atoms with E-state index in [-0.39, 0.29) is 0 Å². The van der Waals surface area contributed by atoms with E-state index in [1.165, 1.54) is 12.0 Å². The van der Waals surface area contributed by atoms with Gasteiger partial charge in [0.1, 0.15) is 0 Å². The highest BCUT2D eigenvalue weighted by atomic mass is 35.5. The van der Waals surface area contributed by atoms with Crippen LogP contribution in [0.2, 0.25) is 0 Å². The first-order valence-corrected chi connectivity index (χ1v) is 6.48. The summed E-state index contributed by atoms with van der Waals surface area (Å²) in [6, 6.07) is 10.3. The van der Waals surface area contributed by atoms with Crippen molar-refractivity contribution in [3.8, 4) is 0 Å². The van der Waals surface area contributed by atoms with E-state index in [9.17, 15) is 0 Å². The zero-order chi connectivity index (χ0) is 11.4. The maximum atomic E-state index is 5.99. The summed E-state index contributed by atoms with van der Waals surface area (Å²) < 4.78 is 5.69. The average Bonchev–Trinajstić information content (AvgIpc) is 2.98. The normalized spacial score (nSPS) is 28.0. The van der Waals surface area contributed by atoms with Crippen LogP contribution >= 0.6 is 11.6 Å². The molecule has 0 aliphatic heterocycles. The summed E-state index contributed by atoms with van der Waals surface area (Å²) in [5.41, 5.74) is 1.63. The topological polar surface area (TPSA) is 9.23 Å². The summed E-state index contributed by atoms with van der Waals surface area (Å²) >= 11 is 5.99. The van der Waals surface area contributed by atoms with Gasteiger partial charge in [-0.1, -0.05) is 37.3 Å². The molecule has 0 radical (unpaired) electrons. The van der Waals surface area contributed by atoms with Crippen molar-refractivity contribution in [2.24, 2.45) is 11.3 Å². The van der Waals surface area contributed by atoms with E-state index in [0.29, 0.717) is 12.0 Å². The second-order valence-electron chi connectivity index (χ2n) is 4.89. The quantitative estimate of drug-likeness (QED) is 0.540. The second kappa shape index (κ2) is 5.20. The van der Waals surface area contributed by atoms with Crippen molar-refractivity contribution in [3.63, 3.8) is 0 Å². The maximum Gasteiger partial charge on any atom is 0.0716 e. The highest BCUT2D eigenvalue weighted by Crippen LogP contribution is 2.55. The minimum Gasteiger partial charge on any atom is -0.377 e. The number of halogens is 1. The molecule has 2 heteroatoms. The van der Waals surface area contributed by atoms with Gasteiger partial charge in [-0.25, -0.2) is 0 Å². The Morgan fingerprint density at radius 3 is 2.62 bits per heavy atom. The predicted octanol–water partition coefficient (Wildman–Crippen LogP) is 3.86. The van der Waals surface area contributed by atoms with Crippen LogP contribution in [0.15, 0.2) is 30.3 Å². The SMILES string of the molecule is CC1CC1(CCl)CCOCc1ccccc1. The van der Waals surface area contributed by atoms with E-state index < -0.39 is 0 Å². The fourth-order valence-electron chi connectivity index (χ4n) is 2.19. The molecule has 1 aliphatic carbocycles.